The number of nitrogens with zero attached hydrogens (tertiary/aromatic N) is 1. The zero-order valence-electron chi connectivity index (χ0n) is 12.4. The third-order valence-corrected chi connectivity index (χ3v) is 3.66. The van der Waals surface area contributed by atoms with Crippen LogP contribution in [0.5, 0.6) is 11.5 Å². The van der Waals surface area contributed by atoms with Gasteiger partial charge in [-0.2, -0.15) is 0 Å². The van der Waals surface area contributed by atoms with Crippen molar-refractivity contribution in [2.24, 2.45) is 0 Å². The molecule has 0 radical (unpaired) electrons. The Kier molecular flexibility index (Phi) is 3.98. The van der Waals surface area contributed by atoms with Gasteiger partial charge in [0.2, 0.25) is 12.7 Å². The van der Waals surface area contributed by atoms with Crippen LogP contribution < -0.4 is 20.1 Å². The number of piperazine rings is 1. The predicted molar refractivity (Wildman–Crippen MR) is 79.7 cm³/mol. The summed E-state index contributed by atoms with van der Waals surface area (Å²) in [6.45, 7) is 6.70. The van der Waals surface area contributed by atoms with Gasteiger partial charge >= 0.3 is 0 Å². The van der Waals surface area contributed by atoms with Gasteiger partial charge < -0.3 is 20.1 Å². The van der Waals surface area contributed by atoms with E-state index in [2.05, 4.69) is 29.4 Å². The molecule has 3 rings (SSSR count). The molecule has 0 spiro atoms. The fraction of sp³-hybridized carbons (Fsp3) is 0.533. The van der Waals surface area contributed by atoms with E-state index in [1.54, 1.807) is 6.07 Å². The summed E-state index contributed by atoms with van der Waals surface area (Å²) in [6, 6.07) is 6.25. The van der Waals surface area contributed by atoms with Crippen molar-refractivity contribution in [3.8, 4) is 11.5 Å². The van der Waals surface area contributed by atoms with E-state index in [0.717, 1.165) is 24.5 Å². The average molecular weight is 291 g/mol. The highest BCUT2D eigenvalue weighted by Crippen LogP contribution is 2.34. The van der Waals surface area contributed by atoms with E-state index < -0.39 is 0 Å². The van der Waals surface area contributed by atoms with Gasteiger partial charge in [0, 0.05) is 36.9 Å². The minimum atomic E-state index is -0.00448. The Morgan fingerprint density at radius 3 is 2.76 bits per heavy atom. The summed E-state index contributed by atoms with van der Waals surface area (Å²) in [7, 11) is 0. The number of hydrogen-bond acceptors (Lipinski definition) is 5. The number of hydrogen-bond donors (Lipinski definition) is 2. The number of carbonyl (C=O) groups is 1. The first-order valence-corrected chi connectivity index (χ1v) is 7.28. The molecule has 21 heavy (non-hydrogen) atoms. The maximum atomic E-state index is 12.1. The largest absolute Gasteiger partial charge is 0.454 e. The minimum Gasteiger partial charge on any atom is -0.454 e. The lowest BCUT2D eigenvalue weighted by molar-refractivity contribution is -0.117. The Balaban J connectivity index is 1.56. The van der Waals surface area contributed by atoms with Crippen LogP contribution in [-0.4, -0.2) is 49.3 Å². The van der Waals surface area contributed by atoms with Gasteiger partial charge in [-0.3, -0.25) is 9.69 Å². The molecule has 1 aromatic rings. The highest BCUT2D eigenvalue weighted by atomic mass is 16.7. The topological polar surface area (TPSA) is 62.8 Å². The lowest BCUT2D eigenvalue weighted by atomic mass is 10.1. The van der Waals surface area contributed by atoms with Crippen molar-refractivity contribution in [1.82, 2.24) is 10.2 Å². The zero-order valence-corrected chi connectivity index (χ0v) is 12.4. The van der Waals surface area contributed by atoms with Gasteiger partial charge in [0.25, 0.3) is 0 Å². The first-order valence-electron chi connectivity index (χ1n) is 7.28. The summed E-state index contributed by atoms with van der Waals surface area (Å²) >= 11 is 0. The molecule has 1 amide bonds. The molecule has 0 saturated carbocycles. The van der Waals surface area contributed by atoms with Crippen LogP contribution in [-0.2, 0) is 4.79 Å². The normalized spacial score (nSPS) is 24.9. The summed E-state index contributed by atoms with van der Waals surface area (Å²) in [5.74, 6) is 1.39. The van der Waals surface area contributed by atoms with Crippen molar-refractivity contribution >= 4 is 11.6 Å². The Morgan fingerprint density at radius 1 is 1.29 bits per heavy atom. The van der Waals surface area contributed by atoms with Crippen LogP contribution in [0.3, 0.4) is 0 Å². The van der Waals surface area contributed by atoms with Crippen LogP contribution in [0.2, 0.25) is 0 Å². The summed E-state index contributed by atoms with van der Waals surface area (Å²) in [5, 5.41) is 6.37. The lowest BCUT2D eigenvalue weighted by Gasteiger charge is -2.35. The van der Waals surface area contributed by atoms with Gasteiger partial charge in [-0.1, -0.05) is 0 Å². The molecule has 1 fully saturated rings. The second-order valence-corrected chi connectivity index (χ2v) is 5.78. The van der Waals surface area contributed by atoms with Gasteiger partial charge in [0.05, 0.1) is 6.54 Å². The molecule has 1 aromatic carbocycles. The zero-order chi connectivity index (χ0) is 14.8. The van der Waals surface area contributed by atoms with E-state index in [1.165, 1.54) is 0 Å². The number of benzene rings is 1. The second kappa shape index (κ2) is 5.91. The first-order chi connectivity index (χ1) is 10.1. The van der Waals surface area contributed by atoms with Crippen molar-refractivity contribution < 1.29 is 14.3 Å². The number of nitrogens with one attached hydrogen (secondary N) is 2. The predicted octanol–water partition coefficient (Wildman–Crippen LogP) is 1.04. The van der Waals surface area contributed by atoms with Gasteiger partial charge in [-0.05, 0) is 26.0 Å². The second-order valence-electron chi connectivity index (χ2n) is 5.78. The van der Waals surface area contributed by atoms with E-state index in [4.69, 9.17) is 9.47 Å². The number of ether oxygens (including phenoxy) is 2. The highest BCUT2D eigenvalue weighted by Gasteiger charge is 2.22. The van der Waals surface area contributed by atoms with Crippen LogP contribution in [0, 0.1) is 0 Å². The standard InChI is InChI=1S/C15H21N3O3/c1-10-6-18(7-11(2)16-10)8-15(19)17-12-3-4-13-14(5-12)21-9-20-13/h3-5,10-11,16H,6-9H2,1-2H3,(H,17,19). The Morgan fingerprint density at radius 2 is 2.00 bits per heavy atom. The van der Waals surface area contributed by atoms with E-state index >= 15 is 0 Å². The third-order valence-electron chi connectivity index (χ3n) is 3.66. The summed E-state index contributed by atoms with van der Waals surface area (Å²) in [6.07, 6.45) is 0. The fourth-order valence-electron chi connectivity index (χ4n) is 2.95. The van der Waals surface area contributed by atoms with E-state index in [0.29, 0.717) is 24.4 Å². The minimum absolute atomic E-state index is 0.00448. The summed E-state index contributed by atoms with van der Waals surface area (Å²) in [5.41, 5.74) is 0.737. The van der Waals surface area contributed by atoms with Crippen LogP contribution in [0.4, 0.5) is 5.69 Å². The molecule has 2 aliphatic heterocycles. The molecule has 2 aliphatic rings. The average Bonchev–Trinajstić information content (AvgIpc) is 2.84. The van der Waals surface area contributed by atoms with Crippen LogP contribution in [0.15, 0.2) is 18.2 Å². The molecular formula is C15H21N3O3. The van der Waals surface area contributed by atoms with Crippen molar-refractivity contribution in [3.05, 3.63) is 18.2 Å². The van der Waals surface area contributed by atoms with Crippen LogP contribution in [0.1, 0.15) is 13.8 Å². The monoisotopic (exact) mass is 291 g/mol. The smallest absolute Gasteiger partial charge is 0.238 e. The number of amides is 1. The molecular weight excluding hydrogens is 270 g/mol. The van der Waals surface area contributed by atoms with E-state index in [9.17, 15) is 4.79 Å². The maximum Gasteiger partial charge on any atom is 0.238 e. The Bertz CT molecular complexity index is 525. The summed E-state index contributed by atoms with van der Waals surface area (Å²) < 4.78 is 10.6. The molecule has 2 unspecified atom stereocenters. The highest BCUT2D eigenvalue weighted by molar-refractivity contribution is 5.92. The molecule has 114 valence electrons. The van der Waals surface area contributed by atoms with Gasteiger partial charge in [0.15, 0.2) is 11.5 Å². The molecule has 0 aromatic heterocycles. The Labute approximate surface area is 124 Å². The van der Waals surface area contributed by atoms with Gasteiger partial charge in [0.1, 0.15) is 0 Å². The number of anilines is 1. The first kappa shape index (κ1) is 14.2. The molecule has 1 saturated heterocycles. The molecule has 0 bridgehead atoms. The molecule has 2 atom stereocenters. The number of carbonyl (C=O) groups excluding carboxylic acids is 1. The van der Waals surface area contributed by atoms with Crippen molar-refractivity contribution in [1.29, 1.82) is 0 Å². The quantitative estimate of drug-likeness (QED) is 0.871. The SMILES string of the molecule is CC1CN(CC(=O)Nc2ccc3c(c2)OCO3)CC(C)N1. The van der Waals surface area contributed by atoms with Crippen LogP contribution >= 0.6 is 0 Å². The lowest BCUT2D eigenvalue weighted by Crippen LogP contribution is -2.55. The number of fused-ring (bicyclic) bond motifs is 1. The van der Waals surface area contributed by atoms with Gasteiger partial charge in [-0.25, -0.2) is 0 Å². The summed E-state index contributed by atoms with van der Waals surface area (Å²) in [4.78, 5) is 14.3. The molecule has 6 heteroatoms. The van der Waals surface area contributed by atoms with Crippen molar-refractivity contribution in [2.45, 2.75) is 25.9 Å². The maximum absolute atomic E-state index is 12.1. The molecule has 0 aliphatic carbocycles. The molecule has 2 N–H and O–H groups in total. The Hall–Kier alpha value is -1.79. The molecule has 6 nitrogen and oxygen atoms in total. The van der Waals surface area contributed by atoms with Gasteiger partial charge in [-0.15, -0.1) is 0 Å². The van der Waals surface area contributed by atoms with Crippen molar-refractivity contribution in [3.63, 3.8) is 0 Å². The molecule has 2 heterocycles. The van der Waals surface area contributed by atoms with E-state index in [1.807, 2.05) is 12.1 Å². The third kappa shape index (κ3) is 3.46. The van der Waals surface area contributed by atoms with E-state index in [-0.39, 0.29) is 12.7 Å². The van der Waals surface area contributed by atoms with Crippen molar-refractivity contribution in [2.75, 3.05) is 31.7 Å². The fourth-order valence-corrected chi connectivity index (χ4v) is 2.95. The van der Waals surface area contributed by atoms with Crippen LogP contribution in [0.25, 0.3) is 0 Å². The number of rotatable bonds is 3.